The van der Waals surface area contributed by atoms with Crippen LogP contribution in [-0.2, 0) is 33.2 Å². The third-order valence-electron chi connectivity index (χ3n) is 4.51. The van der Waals surface area contributed by atoms with Gasteiger partial charge in [-0.1, -0.05) is 6.58 Å². The Bertz CT molecular complexity index is 545. The summed E-state index contributed by atoms with van der Waals surface area (Å²) in [6, 6.07) is 0. The number of hydrogen-bond donors (Lipinski definition) is 1. The van der Waals surface area contributed by atoms with Crippen LogP contribution in [0.5, 0.6) is 0 Å². The number of fused-ring (bicyclic) bond motifs is 3. The summed E-state index contributed by atoms with van der Waals surface area (Å²) in [6.45, 7) is 10.9. The quantitative estimate of drug-likeness (QED) is 0.659. The number of carbonyl (C=O) groups excluding carboxylic acids is 1. The van der Waals surface area contributed by atoms with Gasteiger partial charge in [-0.05, 0) is 33.8 Å². The van der Waals surface area contributed by atoms with Crippen molar-refractivity contribution in [3.8, 4) is 0 Å². The molecule has 1 N–H and O–H groups in total. The second-order valence-corrected chi connectivity index (χ2v) is 7.77. The van der Waals surface area contributed by atoms with E-state index in [1.165, 1.54) is 6.08 Å². The molecule has 0 radical (unpaired) electrons. The van der Waals surface area contributed by atoms with Crippen molar-refractivity contribution in [3.05, 3.63) is 12.7 Å². The average Bonchev–Trinajstić information content (AvgIpc) is 3.01. The molecule has 0 amide bonds. The van der Waals surface area contributed by atoms with Gasteiger partial charge in [0, 0.05) is 6.42 Å². The minimum Gasteiger partial charge on any atom is -0.390 e. The SMILES string of the molecule is C=CC(=O)CC(O)COC[C@H]1OC2OC(C)(C)O[C@@H]2[C@H]2OC(C)(C)O[C@H]21. The van der Waals surface area contributed by atoms with E-state index < -0.39 is 30.1 Å². The zero-order valence-electron chi connectivity index (χ0n) is 15.7. The third kappa shape index (κ3) is 4.33. The maximum Gasteiger partial charge on any atom is 0.190 e. The molecular weight excluding hydrogens is 344 g/mol. The Morgan fingerprint density at radius 1 is 1.12 bits per heavy atom. The molecular formula is C18H28O8. The highest BCUT2D eigenvalue weighted by Gasteiger charge is 2.60. The molecule has 0 bridgehead atoms. The number of carbonyl (C=O) groups is 1. The number of aliphatic hydroxyl groups excluding tert-OH is 1. The van der Waals surface area contributed by atoms with Crippen LogP contribution < -0.4 is 0 Å². The molecule has 3 heterocycles. The zero-order valence-corrected chi connectivity index (χ0v) is 15.7. The minimum atomic E-state index is -0.894. The lowest BCUT2D eigenvalue weighted by atomic mass is 9.99. The van der Waals surface area contributed by atoms with Crippen molar-refractivity contribution in [1.29, 1.82) is 0 Å². The molecule has 8 nitrogen and oxygen atoms in total. The van der Waals surface area contributed by atoms with Gasteiger partial charge in [0.2, 0.25) is 0 Å². The van der Waals surface area contributed by atoms with Crippen LogP contribution in [0.2, 0.25) is 0 Å². The number of ether oxygens (including phenoxy) is 6. The molecule has 3 fully saturated rings. The first-order valence-electron chi connectivity index (χ1n) is 8.88. The summed E-state index contributed by atoms with van der Waals surface area (Å²) in [5, 5.41) is 9.83. The lowest BCUT2D eigenvalue weighted by molar-refractivity contribution is -0.243. The number of ketones is 1. The summed E-state index contributed by atoms with van der Waals surface area (Å²) < 4.78 is 35.3. The smallest absolute Gasteiger partial charge is 0.190 e. The molecule has 0 aromatic rings. The van der Waals surface area contributed by atoms with Crippen molar-refractivity contribution < 1.29 is 38.3 Å². The molecule has 3 aliphatic heterocycles. The van der Waals surface area contributed by atoms with Crippen LogP contribution in [0.1, 0.15) is 34.1 Å². The maximum absolute atomic E-state index is 11.3. The predicted molar refractivity (Wildman–Crippen MR) is 89.2 cm³/mol. The van der Waals surface area contributed by atoms with Crippen molar-refractivity contribution >= 4 is 5.78 Å². The van der Waals surface area contributed by atoms with Gasteiger partial charge in [-0.2, -0.15) is 0 Å². The first-order chi connectivity index (χ1) is 12.1. The Morgan fingerprint density at radius 2 is 1.73 bits per heavy atom. The van der Waals surface area contributed by atoms with E-state index in [9.17, 15) is 9.90 Å². The normalized spacial score (nSPS) is 38.4. The van der Waals surface area contributed by atoms with E-state index in [1.807, 2.05) is 27.7 Å². The summed E-state index contributed by atoms with van der Waals surface area (Å²) in [5.74, 6) is -1.77. The van der Waals surface area contributed by atoms with E-state index in [4.69, 9.17) is 28.4 Å². The van der Waals surface area contributed by atoms with Crippen LogP contribution in [-0.4, -0.2) is 72.5 Å². The van der Waals surface area contributed by atoms with Crippen LogP contribution >= 0.6 is 0 Å². The molecule has 3 saturated heterocycles. The summed E-state index contributed by atoms with van der Waals surface area (Å²) in [6.07, 6.45) is -1.86. The predicted octanol–water partition coefficient (Wildman–Crippen LogP) is 0.906. The second kappa shape index (κ2) is 7.27. The molecule has 2 unspecified atom stereocenters. The Balaban J connectivity index is 1.60. The Hall–Kier alpha value is -0.870. The lowest BCUT2D eigenvalue weighted by Gasteiger charge is -2.37. The number of aliphatic hydroxyl groups is 1. The lowest BCUT2D eigenvalue weighted by Crippen LogP contribution is -2.56. The van der Waals surface area contributed by atoms with Gasteiger partial charge in [-0.15, -0.1) is 0 Å². The summed E-state index contributed by atoms with van der Waals surface area (Å²) in [7, 11) is 0. The molecule has 0 aliphatic carbocycles. The molecule has 3 rings (SSSR count). The van der Waals surface area contributed by atoms with E-state index in [0.29, 0.717) is 0 Å². The van der Waals surface area contributed by atoms with Crippen LogP contribution in [0.25, 0.3) is 0 Å². The van der Waals surface area contributed by atoms with Gasteiger partial charge >= 0.3 is 0 Å². The summed E-state index contributed by atoms with van der Waals surface area (Å²) in [4.78, 5) is 11.3. The van der Waals surface area contributed by atoms with Gasteiger partial charge in [0.05, 0.1) is 19.3 Å². The first-order valence-corrected chi connectivity index (χ1v) is 8.88. The van der Waals surface area contributed by atoms with Gasteiger partial charge in [0.1, 0.15) is 24.4 Å². The fraction of sp³-hybridized carbons (Fsp3) is 0.833. The Morgan fingerprint density at radius 3 is 2.42 bits per heavy atom. The van der Waals surface area contributed by atoms with Crippen molar-refractivity contribution in [1.82, 2.24) is 0 Å². The van der Waals surface area contributed by atoms with E-state index in [0.717, 1.165) is 0 Å². The fourth-order valence-corrected chi connectivity index (χ4v) is 3.52. The van der Waals surface area contributed by atoms with Gasteiger partial charge in [0.25, 0.3) is 0 Å². The molecule has 0 saturated carbocycles. The van der Waals surface area contributed by atoms with Crippen molar-refractivity contribution in [2.24, 2.45) is 0 Å². The van der Waals surface area contributed by atoms with Gasteiger partial charge < -0.3 is 33.5 Å². The number of hydrogen-bond acceptors (Lipinski definition) is 8. The van der Waals surface area contributed by atoms with Gasteiger partial charge in [-0.3, -0.25) is 4.79 Å². The van der Waals surface area contributed by atoms with Crippen molar-refractivity contribution in [2.75, 3.05) is 13.2 Å². The molecule has 6 atom stereocenters. The van der Waals surface area contributed by atoms with E-state index in [2.05, 4.69) is 6.58 Å². The van der Waals surface area contributed by atoms with Gasteiger partial charge in [0.15, 0.2) is 23.6 Å². The topological polar surface area (TPSA) is 92.7 Å². The van der Waals surface area contributed by atoms with Crippen molar-refractivity contribution in [2.45, 2.75) is 82.5 Å². The molecule has 26 heavy (non-hydrogen) atoms. The highest BCUT2D eigenvalue weighted by Crippen LogP contribution is 2.44. The standard InChI is InChI=1S/C18H28O8/c1-6-10(19)7-11(20)8-21-9-12-13-14(24-17(2,3)23-13)15-16(22-12)26-18(4,5)25-15/h6,11-16,20H,1,7-9H2,2-5H3/t11?,12-,13+,14+,15-,16?/m1/s1. The Labute approximate surface area is 153 Å². The second-order valence-electron chi connectivity index (χ2n) is 7.77. The monoisotopic (exact) mass is 372 g/mol. The largest absolute Gasteiger partial charge is 0.390 e. The van der Waals surface area contributed by atoms with E-state index >= 15 is 0 Å². The van der Waals surface area contributed by atoms with E-state index in [-0.39, 0.29) is 43.7 Å². The highest BCUT2D eigenvalue weighted by atomic mass is 16.9. The molecule has 0 aromatic heterocycles. The average molecular weight is 372 g/mol. The fourth-order valence-electron chi connectivity index (χ4n) is 3.52. The van der Waals surface area contributed by atoms with Crippen LogP contribution in [0.15, 0.2) is 12.7 Å². The highest BCUT2D eigenvalue weighted by molar-refractivity contribution is 5.89. The Kier molecular flexibility index (Phi) is 5.56. The van der Waals surface area contributed by atoms with Gasteiger partial charge in [-0.25, -0.2) is 0 Å². The zero-order chi connectivity index (χ0) is 19.1. The molecule has 0 aromatic carbocycles. The maximum atomic E-state index is 11.3. The van der Waals surface area contributed by atoms with Crippen LogP contribution in [0.4, 0.5) is 0 Å². The number of rotatable bonds is 7. The third-order valence-corrected chi connectivity index (χ3v) is 4.51. The number of allylic oxidation sites excluding steroid dienone is 1. The van der Waals surface area contributed by atoms with Crippen LogP contribution in [0, 0.1) is 0 Å². The summed E-state index contributed by atoms with van der Waals surface area (Å²) >= 11 is 0. The molecule has 3 aliphatic rings. The van der Waals surface area contributed by atoms with Crippen molar-refractivity contribution in [3.63, 3.8) is 0 Å². The minimum absolute atomic E-state index is 0.0119. The first kappa shape index (κ1) is 19.9. The van der Waals surface area contributed by atoms with Crippen LogP contribution in [0.3, 0.4) is 0 Å². The molecule has 0 spiro atoms. The van der Waals surface area contributed by atoms with E-state index in [1.54, 1.807) is 0 Å². The molecule has 148 valence electrons. The molecule has 8 heteroatoms. The summed E-state index contributed by atoms with van der Waals surface area (Å²) in [5.41, 5.74) is 0.